The van der Waals surface area contributed by atoms with Crippen LogP contribution in [0.5, 0.6) is 34.5 Å². The number of rotatable bonds is 18. The number of piperidine rings is 2. The smallest absolute Gasteiger partial charge is 0.410 e. The SMILES string of the molecule is COc1ccc2c(C(=O)NC3CC3)cc(=O)n(CCN3CCC(N(Cc4ccc5c(c4)OCCO5)C(=O)OC(C)(C)C)CC3)c2c1.COc1ccc2c(C(=O)NC3CC3)cc(=O)n(CCN3CCC(NCc4ccc5c(c4)OCCO5)CC3)c2c1. The van der Waals surface area contributed by atoms with Gasteiger partial charge in [-0.25, -0.2) is 4.79 Å². The Kier molecular flexibility index (Phi) is 18.2. The highest BCUT2D eigenvalue weighted by atomic mass is 16.6. The summed E-state index contributed by atoms with van der Waals surface area (Å²) < 4.78 is 43.0. The molecule has 85 heavy (non-hydrogen) atoms. The maximum absolute atomic E-state index is 13.5. The number of likely N-dealkylation sites (tertiary alicyclic amines) is 2. The van der Waals surface area contributed by atoms with Gasteiger partial charge in [-0.05, 0) is 145 Å². The van der Waals surface area contributed by atoms with Crippen LogP contribution in [-0.2, 0) is 30.9 Å². The van der Waals surface area contributed by atoms with Gasteiger partial charge in [0.25, 0.3) is 22.9 Å². The first-order valence-electron chi connectivity index (χ1n) is 30.1. The van der Waals surface area contributed by atoms with Crippen molar-refractivity contribution < 1.29 is 47.5 Å². The van der Waals surface area contributed by atoms with E-state index in [0.717, 1.165) is 124 Å². The van der Waals surface area contributed by atoms with Crippen molar-refractivity contribution in [1.82, 2.24) is 39.8 Å². The Morgan fingerprint density at radius 1 is 0.541 bits per heavy atom. The molecule has 0 bridgehead atoms. The van der Waals surface area contributed by atoms with E-state index in [1.165, 1.54) is 17.7 Å². The van der Waals surface area contributed by atoms with Gasteiger partial charge in [0.05, 0.1) is 36.4 Å². The van der Waals surface area contributed by atoms with Crippen molar-refractivity contribution in [2.75, 3.05) is 79.9 Å². The Morgan fingerprint density at radius 2 is 1.00 bits per heavy atom. The van der Waals surface area contributed by atoms with E-state index in [4.69, 9.17) is 33.2 Å². The maximum atomic E-state index is 13.5. The maximum Gasteiger partial charge on any atom is 0.410 e. The number of pyridine rings is 2. The van der Waals surface area contributed by atoms with Crippen LogP contribution in [0.25, 0.3) is 21.8 Å². The van der Waals surface area contributed by atoms with Crippen molar-refractivity contribution in [2.45, 2.75) is 128 Å². The summed E-state index contributed by atoms with van der Waals surface area (Å²) in [5.41, 5.74) is 3.40. The average Bonchev–Trinajstić information content (AvgIpc) is 4.35. The Balaban J connectivity index is 0.000000179. The summed E-state index contributed by atoms with van der Waals surface area (Å²) >= 11 is 0. The monoisotopic (exact) mass is 1160 g/mol. The normalized spacial score (nSPS) is 17.4. The Labute approximate surface area is 495 Å². The predicted octanol–water partition coefficient (Wildman–Crippen LogP) is 7.50. The summed E-state index contributed by atoms with van der Waals surface area (Å²) in [5, 5.41) is 11.2. The van der Waals surface area contributed by atoms with Crippen LogP contribution in [0.1, 0.15) is 104 Å². The molecule has 4 aliphatic heterocycles. The molecule has 2 aromatic heterocycles. The van der Waals surface area contributed by atoms with Gasteiger partial charge >= 0.3 is 6.09 Å². The van der Waals surface area contributed by atoms with Gasteiger partial charge in [0.15, 0.2) is 23.0 Å². The number of carbonyl (C=O) groups is 3. The third-order valence-corrected chi connectivity index (χ3v) is 16.6. The molecule has 3 amide bonds. The lowest BCUT2D eigenvalue weighted by atomic mass is 10.0. The lowest BCUT2D eigenvalue weighted by molar-refractivity contribution is 0.00560. The van der Waals surface area contributed by atoms with Crippen LogP contribution in [0.15, 0.2) is 94.5 Å². The highest BCUT2D eigenvalue weighted by Crippen LogP contribution is 2.34. The molecular formula is C65H80N8O12. The molecule has 6 aromatic rings. The average molecular weight is 1170 g/mol. The van der Waals surface area contributed by atoms with Crippen LogP contribution in [0.3, 0.4) is 0 Å². The topological polar surface area (TPSA) is 206 Å². The predicted molar refractivity (Wildman–Crippen MR) is 323 cm³/mol. The van der Waals surface area contributed by atoms with E-state index in [9.17, 15) is 24.0 Å². The van der Waals surface area contributed by atoms with Crippen molar-refractivity contribution in [3.8, 4) is 34.5 Å². The second kappa shape index (κ2) is 26.2. The van der Waals surface area contributed by atoms with Gasteiger partial charge in [0.1, 0.15) is 43.5 Å². The fraction of sp³-hybridized carbons (Fsp3) is 0.492. The summed E-state index contributed by atoms with van der Waals surface area (Å²) in [5.74, 6) is 3.96. The summed E-state index contributed by atoms with van der Waals surface area (Å²) in [6.45, 7) is 15.0. The van der Waals surface area contributed by atoms with E-state index < -0.39 is 5.60 Å². The summed E-state index contributed by atoms with van der Waals surface area (Å²) in [4.78, 5) is 72.4. The first-order chi connectivity index (χ1) is 41.1. The molecule has 452 valence electrons. The first-order valence-corrected chi connectivity index (χ1v) is 30.1. The van der Waals surface area contributed by atoms with Crippen LogP contribution >= 0.6 is 0 Å². The number of nitrogens with zero attached hydrogens (tertiary/aromatic N) is 5. The molecule has 0 unspecified atom stereocenters. The van der Waals surface area contributed by atoms with Crippen LogP contribution < -0.4 is 55.5 Å². The van der Waals surface area contributed by atoms with E-state index in [0.29, 0.717) is 98.3 Å². The standard InChI is InChI=1S/C35H44N4O7.C30H36N4O5/c1-35(2,3)46-34(42)39(22-23-5-10-30-31(19-23)45-18-17-44-30)25-11-13-37(14-12-25)15-16-38-29-20-26(43-4)8-9-27(29)28(21-32(38)40)33(41)36-24-6-7-24;1-37-23-5-6-24-25(30(36)32-22-3-4-22)18-29(35)34(26(24)17-23)13-12-33-10-8-21(9-11-33)31-19-20-2-7-27-28(16-20)39-15-14-38-27/h5,8-10,19-21,24-25H,6-7,11-18,22H2,1-4H3,(H,36,41);2,5-7,16-18,21-22,31H,3-4,8-15,19H2,1H3,(H,32,36). The number of nitrogens with one attached hydrogen (secondary N) is 3. The largest absolute Gasteiger partial charge is 0.497 e. The molecular weight excluding hydrogens is 1080 g/mol. The molecule has 20 nitrogen and oxygen atoms in total. The van der Waals surface area contributed by atoms with Gasteiger partial charge in [-0.15, -0.1) is 0 Å². The molecule has 3 N–H and O–H groups in total. The minimum Gasteiger partial charge on any atom is -0.497 e. The van der Waals surface area contributed by atoms with Crippen molar-refractivity contribution in [2.24, 2.45) is 0 Å². The number of ether oxygens (including phenoxy) is 7. The van der Waals surface area contributed by atoms with Crippen LogP contribution in [0.4, 0.5) is 4.79 Å². The van der Waals surface area contributed by atoms with E-state index in [1.807, 2.05) is 86.3 Å². The quantitative estimate of drug-likeness (QED) is 0.0762. The van der Waals surface area contributed by atoms with Gasteiger partial charge in [-0.2, -0.15) is 0 Å². The van der Waals surface area contributed by atoms with Gasteiger partial charge in [0.2, 0.25) is 0 Å². The molecule has 4 fully saturated rings. The van der Waals surface area contributed by atoms with E-state index in [2.05, 4.69) is 37.9 Å². The van der Waals surface area contributed by atoms with Crippen LogP contribution in [0, 0.1) is 0 Å². The number of amides is 3. The molecule has 2 aliphatic carbocycles. The molecule has 0 spiro atoms. The number of fused-ring (bicyclic) bond motifs is 4. The molecule has 6 aliphatic rings. The van der Waals surface area contributed by atoms with Gasteiger partial charge in [0, 0.05) is 112 Å². The first kappa shape index (κ1) is 58.9. The Morgan fingerprint density at radius 3 is 1.47 bits per heavy atom. The number of carbonyl (C=O) groups excluding carboxylic acids is 3. The highest BCUT2D eigenvalue weighted by Gasteiger charge is 2.33. The Hall–Kier alpha value is -7.81. The minimum atomic E-state index is -0.615. The molecule has 6 heterocycles. The number of hydrogen-bond donors (Lipinski definition) is 3. The number of benzene rings is 4. The summed E-state index contributed by atoms with van der Waals surface area (Å²) in [6.07, 6.45) is 7.25. The highest BCUT2D eigenvalue weighted by molar-refractivity contribution is 6.07. The Bertz CT molecular complexity index is 3520. The second-order valence-corrected chi connectivity index (χ2v) is 24.0. The number of methoxy groups -OCH3 is 2. The lowest BCUT2D eigenvalue weighted by Gasteiger charge is -2.39. The molecule has 0 atom stereocenters. The molecule has 4 aromatic carbocycles. The molecule has 20 heteroatoms. The molecule has 0 radical (unpaired) electrons. The second-order valence-electron chi connectivity index (χ2n) is 24.0. The molecule has 12 rings (SSSR count). The molecule has 2 saturated heterocycles. The lowest BCUT2D eigenvalue weighted by Crippen LogP contribution is -2.49. The van der Waals surface area contributed by atoms with Crippen LogP contribution in [-0.4, -0.2) is 151 Å². The van der Waals surface area contributed by atoms with Gasteiger partial charge in [-0.1, -0.05) is 12.1 Å². The van der Waals surface area contributed by atoms with Crippen molar-refractivity contribution in [3.63, 3.8) is 0 Å². The van der Waals surface area contributed by atoms with Crippen LogP contribution in [0.2, 0.25) is 0 Å². The van der Waals surface area contributed by atoms with E-state index >= 15 is 0 Å². The third-order valence-electron chi connectivity index (χ3n) is 16.6. The minimum absolute atomic E-state index is 0.00335. The zero-order valence-electron chi connectivity index (χ0n) is 49.6. The van der Waals surface area contributed by atoms with Gasteiger partial charge in [-0.3, -0.25) is 19.2 Å². The number of hydrogen-bond acceptors (Lipinski definition) is 15. The summed E-state index contributed by atoms with van der Waals surface area (Å²) in [7, 11) is 3.20. The van der Waals surface area contributed by atoms with Crippen molar-refractivity contribution >= 4 is 39.7 Å². The fourth-order valence-corrected chi connectivity index (χ4v) is 11.6. The van der Waals surface area contributed by atoms with E-state index in [-0.39, 0.29) is 47.2 Å². The molecule has 2 saturated carbocycles. The zero-order valence-corrected chi connectivity index (χ0v) is 49.6. The number of aromatic nitrogens is 2. The fourth-order valence-electron chi connectivity index (χ4n) is 11.6. The van der Waals surface area contributed by atoms with Gasteiger partial charge < -0.3 is 72.9 Å². The van der Waals surface area contributed by atoms with E-state index in [1.54, 1.807) is 23.4 Å². The van der Waals surface area contributed by atoms with Crippen molar-refractivity contribution in [3.05, 3.63) is 128 Å². The van der Waals surface area contributed by atoms with Crippen molar-refractivity contribution in [1.29, 1.82) is 0 Å². The zero-order chi connectivity index (χ0) is 59.2. The summed E-state index contributed by atoms with van der Waals surface area (Å²) in [6, 6.07) is 26.8. The third kappa shape index (κ3) is 14.8.